The third-order valence-electron chi connectivity index (χ3n) is 9.33. The third-order valence-corrected chi connectivity index (χ3v) is 9.33. The first-order chi connectivity index (χ1) is 19.0. The van der Waals surface area contributed by atoms with Crippen molar-refractivity contribution >= 4 is 34.5 Å². The molecule has 0 saturated carbocycles. The van der Waals surface area contributed by atoms with Crippen molar-refractivity contribution in [3.63, 3.8) is 0 Å². The maximum atomic E-state index is 12.5. The monoisotopic (exact) mass is 550 g/mol. The van der Waals surface area contributed by atoms with E-state index in [2.05, 4.69) is 33.3 Å². The summed E-state index contributed by atoms with van der Waals surface area (Å²) in [5.74, 6) is -0.831. The molecule has 4 saturated heterocycles. The highest BCUT2D eigenvalue weighted by atomic mass is 16.6. The molecule has 1 N–H and O–H groups in total. The zero-order valence-electron chi connectivity index (χ0n) is 24.2. The van der Waals surface area contributed by atoms with Crippen molar-refractivity contribution in [2.75, 3.05) is 44.2 Å². The number of hydrogen-bond donors (Lipinski definition) is 1. The molecule has 4 aliphatic rings. The normalized spacial score (nSPS) is 24.4. The number of benzene rings is 1. The molecule has 1 aromatic carbocycles. The summed E-state index contributed by atoms with van der Waals surface area (Å²) in [5.41, 5.74) is 2.94. The highest BCUT2D eigenvalue weighted by Gasteiger charge is 2.47. The molecule has 40 heavy (non-hydrogen) atoms. The number of carbonyl (C=O) groups is 3. The summed E-state index contributed by atoms with van der Waals surface area (Å²) < 4.78 is 7.42. The van der Waals surface area contributed by atoms with Gasteiger partial charge >= 0.3 is 6.09 Å². The fraction of sp³-hybridized carbons (Fsp3) is 0.667. The van der Waals surface area contributed by atoms with Gasteiger partial charge in [-0.2, -0.15) is 5.10 Å². The van der Waals surface area contributed by atoms with Crippen LogP contribution in [0.15, 0.2) is 18.2 Å². The molecule has 1 unspecified atom stereocenters. The molecule has 1 aromatic heterocycles. The number of amides is 3. The number of rotatable bonds is 3. The molecule has 4 fully saturated rings. The quantitative estimate of drug-likeness (QED) is 0.585. The number of imide groups is 1. The average molecular weight is 551 g/mol. The number of ether oxygens (including phenoxy) is 1. The van der Waals surface area contributed by atoms with Crippen molar-refractivity contribution in [3.05, 3.63) is 23.9 Å². The van der Waals surface area contributed by atoms with Crippen LogP contribution in [0.3, 0.4) is 0 Å². The van der Waals surface area contributed by atoms with E-state index in [-0.39, 0.29) is 23.8 Å². The number of aromatic nitrogens is 2. The summed E-state index contributed by atoms with van der Waals surface area (Å²) in [6.07, 6.45) is 5.09. The molecule has 1 atom stereocenters. The van der Waals surface area contributed by atoms with Crippen LogP contribution in [-0.2, 0) is 21.4 Å². The van der Waals surface area contributed by atoms with E-state index in [0.717, 1.165) is 68.7 Å². The second-order valence-corrected chi connectivity index (χ2v) is 13.3. The fourth-order valence-corrected chi connectivity index (χ4v) is 7.05. The van der Waals surface area contributed by atoms with E-state index in [4.69, 9.17) is 9.84 Å². The van der Waals surface area contributed by atoms with Crippen LogP contribution in [-0.4, -0.2) is 88.4 Å². The van der Waals surface area contributed by atoms with E-state index in [0.29, 0.717) is 24.3 Å². The SMILES string of the molecule is Cn1nc(C2CCC(=O)NC2=O)c2ccc(N3CCC4(CC3)CN(C3CCN(C(=O)OC(C)(C)C)CC3)C4)cc21. The largest absolute Gasteiger partial charge is 0.444 e. The summed E-state index contributed by atoms with van der Waals surface area (Å²) in [4.78, 5) is 43.4. The zero-order valence-corrected chi connectivity index (χ0v) is 24.2. The van der Waals surface area contributed by atoms with Crippen LogP contribution < -0.4 is 10.2 Å². The highest BCUT2D eigenvalue weighted by molar-refractivity contribution is 6.02. The first-order valence-electron chi connectivity index (χ1n) is 14.8. The lowest BCUT2D eigenvalue weighted by atomic mass is 9.71. The molecule has 1 spiro atoms. The van der Waals surface area contributed by atoms with Crippen LogP contribution in [0, 0.1) is 5.41 Å². The average Bonchev–Trinajstić information content (AvgIpc) is 3.22. The highest BCUT2D eigenvalue weighted by Crippen LogP contribution is 2.44. The Morgan fingerprint density at radius 2 is 1.75 bits per heavy atom. The van der Waals surface area contributed by atoms with Gasteiger partial charge in [0.2, 0.25) is 11.8 Å². The Morgan fingerprint density at radius 1 is 1.05 bits per heavy atom. The van der Waals surface area contributed by atoms with Crippen molar-refractivity contribution in [2.45, 2.75) is 76.9 Å². The van der Waals surface area contributed by atoms with Crippen molar-refractivity contribution in [1.29, 1.82) is 0 Å². The van der Waals surface area contributed by atoms with Gasteiger partial charge in [0.15, 0.2) is 0 Å². The van der Waals surface area contributed by atoms with Crippen LogP contribution >= 0.6 is 0 Å². The van der Waals surface area contributed by atoms with Gasteiger partial charge in [0.25, 0.3) is 0 Å². The van der Waals surface area contributed by atoms with Gasteiger partial charge in [-0.05, 0) is 76.5 Å². The maximum absolute atomic E-state index is 12.5. The fourth-order valence-electron chi connectivity index (χ4n) is 7.05. The number of nitrogens with one attached hydrogen (secondary N) is 1. The maximum Gasteiger partial charge on any atom is 0.410 e. The lowest BCUT2D eigenvalue weighted by Gasteiger charge is -2.57. The number of anilines is 1. The molecule has 4 aliphatic heterocycles. The van der Waals surface area contributed by atoms with Gasteiger partial charge < -0.3 is 14.5 Å². The number of aryl methyl sites for hydroxylation is 1. The number of hydrogen-bond acceptors (Lipinski definition) is 7. The van der Waals surface area contributed by atoms with E-state index in [1.165, 1.54) is 18.5 Å². The summed E-state index contributed by atoms with van der Waals surface area (Å²) in [5, 5.41) is 8.14. The molecule has 2 aromatic rings. The van der Waals surface area contributed by atoms with Crippen LogP contribution in [0.5, 0.6) is 0 Å². The first kappa shape index (κ1) is 27.1. The molecule has 0 aliphatic carbocycles. The summed E-state index contributed by atoms with van der Waals surface area (Å²) >= 11 is 0. The predicted octanol–water partition coefficient (Wildman–Crippen LogP) is 3.40. The standard InChI is InChI=1S/C30H42N6O4/c1-29(2,3)40-28(39)35-13-9-20(10-14-35)36-18-30(19-36)11-15-34(16-12-30)21-5-6-22-24(17-21)33(4)32-26(22)23-7-8-25(37)31-27(23)38/h5-6,17,20,23H,7-16,18-19H2,1-4H3,(H,31,37,38). The minimum atomic E-state index is -0.450. The van der Waals surface area contributed by atoms with Gasteiger partial charge in [-0.3, -0.25) is 24.5 Å². The van der Waals surface area contributed by atoms with E-state index >= 15 is 0 Å². The zero-order chi connectivity index (χ0) is 28.2. The number of nitrogens with zero attached hydrogens (tertiary/aromatic N) is 5. The third kappa shape index (κ3) is 5.18. The molecule has 3 amide bonds. The molecule has 5 heterocycles. The molecule has 0 radical (unpaired) electrons. The summed E-state index contributed by atoms with van der Waals surface area (Å²) in [6, 6.07) is 7.01. The Bertz CT molecular complexity index is 1310. The molecule has 6 rings (SSSR count). The molecule has 0 bridgehead atoms. The van der Waals surface area contributed by atoms with E-state index < -0.39 is 5.60 Å². The Labute approximate surface area is 236 Å². The number of carbonyl (C=O) groups excluding carboxylic acids is 3. The topological polar surface area (TPSA) is 100 Å². The van der Waals surface area contributed by atoms with Gasteiger partial charge in [-0.25, -0.2) is 4.79 Å². The number of piperidine rings is 3. The Kier molecular flexibility index (Phi) is 6.79. The van der Waals surface area contributed by atoms with E-state index in [9.17, 15) is 14.4 Å². The smallest absolute Gasteiger partial charge is 0.410 e. The van der Waals surface area contributed by atoms with Crippen LogP contribution in [0.2, 0.25) is 0 Å². The van der Waals surface area contributed by atoms with Gasteiger partial charge in [0.05, 0.1) is 17.1 Å². The summed E-state index contributed by atoms with van der Waals surface area (Å²) in [7, 11) is 1.92. The minimum Gasteiger partial charge on any atom is -0.444 e. The van der Waals surface area contributed by atoms with Crippen molar-refractivity contribution in [3.8, 4) is 0 Å². The van der Waals surface area contributed by atoms with Gasteiger partial charge in [0.1, 0.15) is 5.60 Å². The number of likely N-dealkylation sites (tertiary alicyclic amines) is 2. The second kappa shape index (κ2) is 10.0. The van der Waals surface area contributed by atoms with Crippen molar-refractivity contribution < 1.29 is 19.1 Å². The van der Waals surface area contributed by atoms with Crippen molar-refractivity contribution in [2.24, 2.45) is 12.5 Å². The van der Waals surface area contributed by atoms with Gasteiger partial charge in [-0.1, -0.05) is 0 Å². The molecular formula is C30H42N6O4. The van der Waals surface area contributed by atoms with Crippen molar-refractivity contribution in [1.82, 2.24) is 24.9 Å². The minimum absolute atomic E-state index is 0.185. The van der Waals surface area contributed by atoms with Crippen LogP contribution in [0.4, 0.5) is 10.5 Å². The lowest BCUT2D eigenvalue weighted by Crippen LogP contribution is -2.64. The molecule has 10 nitrogen and oxygen atoms in total. The molecule has 216 valence electrons. The van der Waals surface area contributed by atoms with Crippen LogP contribution in [0.1, 0.15) is 70.9 Å². The number of fused-ring (bicyclic) bond motifs is 1. The predicted molar refractivity (Wildman–Crippen MR) is 152 cm³/mol. The Morgan fingerprint density at radius 3 is 2.40 bits per heavy atom. The summed E-state index contributed by atoms with van der Waals surface area (Å²) in [6.45, 7) is 11.7. The van der Waals surface area contributed by atoms with E-state index in [1.807, 2.05) is 37.4 Å². The molecular weight excluding hydrogens is 508 g/mol. The van der Waals surface area contributed by atoms with Gasteiger partial charge in [0, 0.05) is 69.9 Å². The first-order valence-corrected chi connectivity index (χ1v) is 14.8. The second-order valence-electron chi connectivity index (χ2n) is 13.3. The van der Waals surface area contributed by atoms with Crippen LogP contribution in [0.25, 0.3) is 10.9 Å². The Hall–Kier alpha value is -3.14. The Balaban J connectivity index is 1.03. The van der Waals surface area contributed by atoms with Gasteiger partial charge in [-0.15, -0.1) is 0 Å². The van der Waals surface area contributed by atoms with E-state index in [1.54, 1.807) is 0 Å². The molecule has 10 heteroatoms. The lowest BCUT2D eigenvalue weighted by molar-refractivity contribution is -0.134.